The highest BCUT2D eigenvalue weighted by atomic mass is 35.5. The average molecular weight is 162 g/mol. The van der Waals surface area contributed by atoms with Crippen molar-refractivity contribution in [2.24, 2.45) is 5.92 Å². The van der Waals surface area contributed by atoms with Crippen molar-refractivity contribution in [1.29, 1.82) is 0 Å². The van der Waals surface area contributed by atoms with Gasteiger partial charge in [0.25, 0.3) is 0 Å². The van der Waals surface area contributed by atoms with Crippen molar-refractivity contribution in [2.45, 2.75) is 12.8 Å². The fourth-order valence-electron chi connectivity index (χ4n) is 1.29. The molecule has 1 rings (SSSR count). The van der Waals surface area contributed by atoms with Gasteiger partial charge < -0.3 is 4.90 Å². The molecule has 1 amide bonds. The van der Waals surface area contributed by atoms with E-state index < -0.39 is 0 Å². The maximum atomic E-state index is 11.2. The largest absolute Gasteiger partial charge is 0.345 e. The average Bonchev–Trinajstić information content (AvgIpc) is 2.20. The zero-order chi connectivity index (χ0) is 7.56. The zero-order valence-corrected chi connectivity index (χ0v) is 6.90. The molecule has 0 aliphatic carbocycles. The molecule has 58 valence electrons. The maximum absolute atomic E-state index is 11.2. The molecule has 1 fully saturated rings. The minimum atomic E-state index is 0.211. The second-order valence-electron chi connectivity index (χ2n) is 2.72. The Morgan fingerprint density at radius 2 is 2.50 bits per heavy atom. The molecular formula is C7H12ClNO. The lowest BCUT2D eigenvalue weighted by molar-refractivity contribution is -0.129. The summed E-state index contributed by atoms with van der Waals surface area (Å²) in [5, 5.41) is 0. The van der Waals surface area contributed by atoms with Crippen molar-refractivity contribution in [3.05, 3.63) is 0 Å². The van der Waals surface area contributed by atoms with Gasteiger partial charge in [-0.25, -0.2) is 0 Å². The Bertz CT molecular complexity index is 136. The molecule has 0 bridgehead atoms. The first-order chi connectivity index (χ1) is 4.75. The van der Waals surface area contributed by atoms with E-state index >= 15 is 0 Å². The number of likely N-dealkylation sites (tertiary alicyclic amines) is 1. The minimum Gasteiger partial charge on any atom is -0.345 e. The number of halogens is 1. The van der Waals surface area contributed by atoms with E-state index in [-0.39, 0.29) is 11.8 Å². The van der Waals surface area contributed by atoms with Crippen LogP contribution in [-0.2, 0) is 4.79 Å². The fourth-order valence-corrected chi connectivity index (χ4v) is 1.56. The lowest BCUT2D eigenvalue weighted by Gasteiger charge is -2.07. The highest BCUT2D eigenvalue weighted by Gasteiger charge is 2.27. The Labute approximate surface area is 66.1 Å². The molecule has 0 N–H and O–H groups in total. The van der Waals surface area contributed by atoms with Crippen LogP contribution in [0.1, 0.15) is 12.8 Å². The summed E-state index contributed by atoms with van der Waals surface area (Å²) in [6.07, 6.45) is 1.83. The van der Waals surface area contributed by atoms with Crippen LogP contribution in [0.4, 0.5) is 0 Å². The van der Waals surface area contributed by atoms with Gasteiger partial charge in [-0.2, -0.15) is 0 Å². The predicted molar refractivity (Wildman–Crippen MR) is 41.1 cm³/mol. The maximum Gasteiger partial charge on any atom is 0.225 e. The quantitative estimate of drug-likeness (QED) is 0.556. The Morgan fingerprint density at radius 3 is 2.90 bits per heavy atom. The van der Waals surface area contributed by atoms with Crippen LogP contribution >= 0.6 is 11.6 Å². The van der Waals surface area contributed by atoms with Crippen LogP contribution in [0.5, 0.6) is 0 Å². The van der Waals surface area contributed by atoms with E-state index in [1.807, 2.05) is 7.05 Å². The monoisotopic (exact) mass is 161 g/mol. The number of amides is 1. The molecule has 0 aromatic carbocycles. The number of alkyl halides is 1. The van der Waals surface area contributed by atoms with Crippen LogP contribution < -0.4 is 0 Å². The molecule has 1 aliphatic rings. The van der Waals surface area contributed by atoms with Gasteiger partial charge in [0.1, 0.15) is 0 Å². The normalized spacial score (nSPS) is 26.0. The molecule has 1 aliphatic heterocycles. The summed E-state index contributed by atoms with van der Waals surface area (Å²) in [5.74, 6) is 1.08. The Hall–Kier alpha value is -0.240. The summed E-state index contributed by atoms with van der Waals surface area (Å²) in [6, 6.07) is 0. The molecular weight excluding hydrogens is 150 g/mol. The molecule has 3 heteroatoms. The molecule has 0 aromatic heterocycles. The van der Waals surface area contributed by atoms with Crippen LogP contribution in [0.25, 0.3) is 0 Å². The Balaban J connectivity index is 2.41. The smallest absolute Gasteiger partial charge is 0.225 e. The van der Waals surface area contributed by atoms with E-state index in [1.54, 1.807) is 4.90 Å². The Morgan fingerprint density at radius 1 is 1.80 bits per heavy atom. The van der Waals surface area contributed by atoms with Crippen LogP contribution in [0.3, 0.4) is 0 Å². The first kappa shape index (κ1) is 7.86. The van der Waals surface area contributed by atoms with E-state index in [0.717, 1.165) is 19.4 Å². The van der Waals surface area contributed by atoms with E-state index in [0.29, 0.717) is 5.88 Å². The van der Waals surface area contributed by atoms with E-state index in [9.17, 15) is 4.79 Å². The lowest BCUT2D eigenvalue weighted by atomic mass is 10.1. The fraction of sp³-hybridized carbons (Fsp3) is 0.857. The molecule has 1 saturated heterocycles. The number of rotatable bonds is 2. The molecule has 1 atom stereocenters. The number of carbonyl (C=O) groups is 1. The number of nitrogens with zero attached hydrogens (tertiary/aromatic N) is 1. The third-order valence-electron chi connectivity index (χ3n) is 2.00. The Kier molecular flexibility index (Phi) is 2.55. The van der Waals surface area contributed by atoms with Gasteiger partial charge in [-0.15, -0.1) is 11.6 Å². The molecule has 0 spiro atoms. The van der Waals surface area contributed by atoms with Crippen LogP contribution in [0.15, 0.2) is 0 Å². The standard InChI is InChI=1S/C7H12ClNO/c1-9-5-3-6(2-4-8)7(9)10/h6H,2-5H2,1H3. The minimum absolute atomic E-state index is 0.211. The first-order valence-corrected chi connectivity index (χ1v) is 4.10. The van der Waals surface area contributed by atoms with Gasteiger partial charge >= 0.3 is 0 Å². The summed E-state index contributed by atoms with van der Waals surface area (Å²) in [4.78, 5) is 12.9. The summed E-state index contributed by atoms with van der Waals surface area (Å²) >= 11 is 5.52. The highest BCUT2D eigenvalue weighted by Crippen LogP contribution is 2.19. The van der Waals surface area contributed by atoms with Gasteiger partial charge in [0.2, 0.25) is 5.91 Å². The molecule has 0 aromatic rings. The van der Waals surface area contributed by atoms with Crippen molar-refractivity contribution in [3.63, 3.8) is 0 Å². The van der Waals surface area contributed by atoms with Crippen molar-refractivity contribution in [3.8, 4) is 0 Å². The second-order valence-corrected chi connectivity index (χ2v) is 3.10. The van der Waals surface area contributed by atoms with Crippen LogP contribution in [-0.4, -0.2) is 30.3 Å². The van der Waals surface area contributed by atoms with E-state index in [4.69, 9.17) is 11.6 Å². The number of hydrogen-bond acceptors (Lipinski definition) is 1. The summed E-state index contributed by atoms with van der Waals surface area (Å²) in [6.45, 7) is 0.903. The zero-order valence-electron chi connectivity index (χ0n) is 6.14. The van der Waals surface area contributed by atoms with Gasteiger partial charge in [0, 0.05) is 25.4 Å². The van der Waals surface area contributed by atoms with Crippen molar-refractivity contribution < 1.29 is 4.79 Å². The van der Waals surface area contributed by atoms with Crippen LogP contribution in [0.2, 0.25) is 0 Å². The van der Waals surface area contributed by atoms with Crippen LogP contribution in [0, 0.1) is 5.92 Å². The van der Waals surface area contributed by atoms with E-state index in [1.165, 1.54) is 0 Å². The van der Waals surface area contributed by atoms with Gasteiger partial charge in [-0.05, 0) is 12.8 Å². The number of carbonyl (C=O) groups excluding carboxylic acids is 1. The molecule has 0 saturated carbocycles. The predicted octanol–water partition coefficient (Wildman–Crippen LogP) is 1.09. The molecule has 0 radical (unpaired) electrons. The lowest BCUT2D eigenvalue weighted by Crippen LogP contribution is -2.22. The van der Waals surface area contributed by atoms with Gasteiger partial charge in [-0.1, -0.05) is 0 Å². The highest BCUT2D eigenvalue weighted by molar-refractivity contribution is 6.18. The van der Waals surface area contributed by atoms with Gasteiger partial charge in [0.05, 0.1) is 0 Å². The third kappa shape index (κ3) is 1.43. The first-order valence-electron chi connectivity index (χ1n) is 3.56. The summed E-state index contributed by atoms with van der Waals surface area (Å²) < 4.78 is 0. The van der Waals surface area contributed by atoms with Crippen molar-refractivity contribution in [2.75, 3.05) is 19.5 Å². The molecule has 1 heterocycles. The van der Waals surface area contributed by atoms with Crippen molar-refractivity contribution in [1.82, 2.24) is 4.90 Å². The summed E-state index contributed by atoms with van der Waals surface area (Å²) in [5.41, 5.74) is 0. The molecule has 10 heavy (non-hydrogen) atoms. The van der Waals surface area contributed by atoms with Crippen molar-refractivity contribution >= 4 is 17.5 Å². The van der Waals surface area contributed by atoms with Gasteiger partial charge in [-0.3, -0.25) is 4.79 Å². The van der Waals surface area contributed by atoms with Gasteiger partial charge in [0.15, 0.2) is 0 Å². The molecule has 2 nitrogen and oxygen atoms in total. The topological polar surface area (TPSA) is 20.3 Å². The number of hydrogen-bond donors (Lipinski definition) is 0. The van der Waals surface area contributed by atoms with E-state index in [2.05, 4.69) is 0 Å². The SMILES string of the molecule is CN1CCC(CCCl)C1=O. The summed E-state index contributed by atoms with van der Waals surface area (Å²) in [7, 11) is 1.84. The molecule has 1 unspecified atom stereocenters. The second kappa shape index (κ2) is 3.24. The third-order valence-corrected chi connectivity index (χ3v) is 2.21.